The molecule has 1 spiro atoms. The van der Waals surface area contributed by atoms with Crippen LogP contribution in [-0.4, -0.2) is 22.7 Å². The van der Waals surface area contributed by atoms with E-state index in [2.05, 4.69) is 31.8 Å². The third-order valence-electron chi connectivity index (χ3n) is 6.17. The van der Waals surface area contributed by atoms with Crippen LogP contribution in [0, 0.1) is 36.3 Å². The van der Waals surface area contributed by atoms with Crippen LogP contribution < -0.4 is 175 Å². The predicted molar refractivity (Wildman–Crippen MR) is 82.5 cm³/mol. The average Bonchev–Trinajstić information content (AvgIpc) is 2.40. The first-order chi connectivity index (χ1) is 9.56. The van der Waals surface area contributed by atoms with Gasteiger partial charge in [-0.05, 0) is 61.7 Å². The monoisotopic (exact) mass is 532 g/mol. The van der Waals surface area contributed by atoms with Crippen LogP contribution in [0.4, 0.5) is 0 Å². The van der Waals surface area contributed by atoms with Gasteiger partial charge < -0.3 is 10.0 Å². The van der Waals surface area contributed by atoms with Gasteiger partial charge in [0.2, 0.25) is 0 Å². The zero-order valence-corrected chi connectivity index (χ0v) is 31.0. The van der Waals surface area contributed by atoms with Crippen LogP contribution in [0.1, 0.15) is 65.2 Å². The van der Waals surface area contributed by atoms with E-state index >= 15 is 0 Å². The van der Waals surface area contributed by atoms with Crippen molar-refractivity contribution in [2.45, 2.75) is 71.3 Å². The van der Waals surface area contributed by atoms with Gasteiger partial charge in [-0.1, -0.05) is 20.4 Å². The Kier molecular flexibility index (Phi) is 16.8. The summed E-state index contributed by atoms with van der Waals surface area (Å²) in [6.07, 6.45) is 10.4. The number of likely N-dealkylation sites (tertiary alicyclic amines) is 1. The van der Waals surface area contributed by atoms with Crippen LogP contribution in [0.3, 0.4) is 0 Å². The van der Waals surface area contributed by atoms with Crippen molar-refractivity contribution in [1.29, 1.82) is 0 Å². The van der Waals surface area contributed by atoms with Crippen LogP contribution in [0.2, 0.25) is 0 Å². The minimum atomic E-state index is -0.134. The molecule has 1 heterocycles. The van der Waals surface area contributed by atoms with Gasteiger partial charge in [-0.3, -0.25) is 13.1 Å². The topological polar surface area (TPSA) is 23.5 Å². The fourth-order valence-electron chi connectivity index (χ4n) is 4.75. The summed E-state index contributed by atoms with van der Waals surface area (Å²) >= 11 is 0. The van der Waals surface area contributed by atoms with Crippen molar-refractivity contribution in [2.75, 3.05) is 6.54 Å². The molecule has 0 aromatic heterocycles. The van der Waals surface area contributed by atoms with Crippen LogP contribution >= 0.6 is 0 Å². The number of rotatable bonds is 3. The Morgan fingerprint density at radius 2 is 1.57 bits per heavy atom. The van der Waals surface area contributed by atoms with Crippen molar-refractivity contribution in [1.82, 2.24) is 4.90 Å². The molecule has 0 aromatic rings. The van der Waals surface area contributed by atoms with Gasteiger partial charge in [0.15, 0.2) is 0 Å². The zero-order chi connectivity index (χ0) is 14.2. The Morgan fingerprint density at radius 1 is 1.04 bits per heavy atom. The number of nitrogens with zero attached hydrogens (tertiary/aromatic N) is 1. The summed E-state index contributed by atoms with van der Waals surface area (Å²) in [5, 5.41) is 9.51. The molecule has 3 rings (SSSR count). The molecule has 116 valence electrons. The Morgan fingerprint density at radius 3 is 2.04 bits per heavy atom. The van der Waals surface area contributed by atoms with Crippen molar-refractivity contribution in [3.8, 4) is 0 Å². The minimum absolute atomic E-state index is 0. The van der Waals surface area contributed by atoms with Crippen molar-refractivity contribution in [3.63, 3.8) is 0 Å². The number of aliphatic hydroxyl groups is 1. The first-order valence-corrected chi connectivity index (χ1v) is 8.67. The maximum Gasteiger partial charge on any atom is 1.00 e. The third kappa shape index (κ3) is 8.54. The summed E-state index contributed by atoms with van der Waals surface area (Å²) in [5.74, 6) is 2.77. The van der Waals surface area contributed by atoms with Crippen molar-refractivity contribution >= 4 is 0 Å². The second kappa shape index (κ2) is 13.6. The van der Waals surface area contributed by atoms with Gasteiger partial charge in [0, 0.05) is 6.10 Å². The SMILES string of the molecule is CC(C)C1CCC2(CC1)CC(CN1[CH-]CC(O)C[CH-]1)C2.[Rb+].[Rb+].[Rb+]. The smallest absolute Gasteiger partial charge is 0.605 e. The molecule has 0 atom stereocenters. The minimum Gasteiger partial charge on any atom is -0.605 e. The van der Waals surface area contributed by atoms with E-state index in [-0.39, 0.29) is 181 Å². The molecular formula is C18H31NORb3+. The van der Waals surface area contributed by atoms with Gasteiger partial charge in [-0.15, -0.1) is 12.8 Å². The quantitative estimate of drug-likeness (QED) is 0.368. The van der Waals surface area contributed by atoms with E-state index in [9.17, 15) is 5.11 Å². The first-order valence-electron chi connectivity index (χ1n) is 8.67. The number of hydrogen-bond acceptors (Lipinski definition) is 2. The van der Waals surface area contributed by atoms with Crippen LogP contribution in [-0.2, 0) is 0 Å². The number of piperidine rings is 1. The molecule has 1 N–H and O–H groups in total. The zero-order valence-electron chi connectivity index (χ0n) is 16.2. The molecule has 0 amide bonds. The second-order valence-corrected chi connectivity index (χ2v) is 8.04. The largest absolute Gasteiger partial charge is 1.00 e. The summed E-state index contributed by atoms with van der Waals surface area (Å²) in [6.45, 7) is 10.4. The Hall–Kier alpha value is 5.34. The Labute approximate surface area is 290 Å². The molecule has 0 bridgehead atoms. The van der Waals surface area contributed by atoms with E-state index in [0.29, 0.717) is 0 Å². The third-order valence-corrected chi connectivity index (χ3v) is 6.17. The van der Waals surface area contributed by atoms with Crippen LogP contribution in [0.5, 0.6) is 0 Å². The van der Waals surface area contributed by atoms with Crippen molar-refractivity contribution < 1.29 is 180 Å². The molecule has 23 heavy (non-hydrogen) atoms. The van der Waals surface area contributed by atoms with E-state index in [1.54, 1.807) is 0 Å². The molecule has 0 unspecified atom stereocenters. The summed E-state index contributed by atoms with van der Waals surface area (Å²) < 4.78 is 0. The molecule has 2 saturated carbocycles. The fourth-order valence-corrected chi connectivity index (χ4v) is 4.75. The molecule has 2 aliphatic carbocycles. The molecule has 1 aliphatic heterocycles. The second-order valence-electron chi connectivity index (χ2n) is 8.04. The van der Waals surface area contributed by atoms with Gasteiger partial charge in [-0.25, -0.2) is 0 Å². The fraction of sp³-hybridized carbons (Fsp3) is 0.889. The molecule has 1 saturated heterocycles. The molecule has 3 fully saturated rings. The molecule has 0 radical (unpaired) electrons. The van der Waals surface area contributed by atoms with Crippen LogP contribution in [0.15, 0.2) is 0 Å². The Bertz CT molecular complexity index is 316. The normalized spacial score (nSPS) is 35.0. The number of hydrogen-bond donors (Lipinski definition) is 1. The average molecular weight is 534 g/mol. The summed E-state index contributed by atoms with van der Waals surface area (Å²) in [5.41, 5.74) is 0.728. The molecule has 2 nitrogen and oxygen atoms in total. The van der Waals surface area contributed by atoms with Gasteiger partial charge in [0.05, 0.1) is 0 Å². The molecule has 3 aliphatic rings. The number of aliphatic hydroxyl groups excluding tert-OH is 1. The summed E-state index contributed by atoms with van der Waals surface area (Å²) in [6, 6.07) is 0. The van der Waals surface area contributed by atoms with Crippen molar-refractivity contribution in [2.24, 2.45) is 23.2 Å². The standard InChI is InChI=1S/C18H31NO.3Rb/c1-14(2)16-3-7-18(8-4-16)11-15(12-18)13-19-9-5-17(20)6-10-19;;;/h9-10,14-17,20H,3-8,11-13H2,1-2H3;;;/q-2;3*+1. The molecule has 0 aromatic carbocycles. The van der Waals surface area contributed by atoms with E-state index in [4.69, 9.17) is 0 Å². The van der Waals surface area contributed by atoms with Crippen molar-refractivity contribution in [3.05, 3.63) is 13.1 Å². The van der Waals surface area contributed by atoms with E-state index in [0.717, 1.165) is 36.0 Å². The van der Waals surface area contributed by atoms with E-state index < -0.39 is 0 Å². The maximum absolute atomic E-state index is 9.51. The Balaban J connectivity index is 0.00000161. The van der Waals surface area contributed by atoms with Gasteiger partial charge in [0.25, 0.3) is 0 Å². The molecule has 5 heteroatoms. The first kappa shape index (κ1) is 28.3. The van der Waals surface area contributed by atoms with E-state index in [1.165, 1.54) is 45.1 Å². The summed E-state index contributed by atoms with van der Waals surface area (Å²) in [7, 11) is 0. The summed E-state index contributed by atoms with van der Waals surface area (Å²) in [4.78, 5) is 2.35. The van der Waals surface area contributed by atoms with E-state index in [1.807, 2.05) is 0 Å². The van der Waals surface area contributed by atoms with Gasteiger partial charge in [-0.2, -0.15) is 0 Å². The van der Waals surface area contributed by atoms with Crippen LogP contribution in [0.25, 0.3) is 0 Å². The maximum atomic E-state index is 9.51. The van der Waals surface area contributed by atoms with Gasteiger partial charge in [0.1, 0.15) is 0 Å². The predicted octanol–water partition coefficient (Wildman–Crippen LogP) is -4.98. The molecular weight excluding hydrogens is 503 g/mol. The van der Waals surface area contributed by atoms with Gasteiger partial charge >= 0.3 is 175 Å².